The van der Waals surface area contributed by atoms with Crippen LogP contribution in [0.4, 0.5) is 0 Å². The maximum absolute atomic E-state index is 10.4. The van der Waals surface area contributed by atoms with Crippen LogP contribution in [-0.4, -0.2) is 33.3 Å². The van der Waals surface area contributed by atoms with Gasteiger partial charge < -0.3 is 20.8 Å². The van der Waals surface area contributed by atoms with Gasteiger partial charge in [0.2, 0.25) is 0 Å². The van der Waals surface area contributed by atoms with E-state index in [1.807, 2.05) is 60.7 Å². The first kappa shape index (κ1) is 21.5. The van der Waals surface area contributed by atoms with Crippen LogP contribution in [0.2, 0.25) is 0 Å². The highest BCUT2D eigenvalue weighted by atomic mass is 16.3. The molecule has 162 valence electrons. The van der Waals surface area contributed by atoms with Gasteiger partial charge >= 0.3 is 0 Å². The Bertz CT molecular complexity index is 1030. The summed E-state index contributed by atoms with van der Waals surface area (Å²) in [6, 6.07) is 25.6. The summed E-state index contributed by atoms with van der Waals surface area (Å²) in [5.41, 5.74) is 3.20. The first-order valence-corrected chi connectivity index (χ1v) is 10.6. The molecular weight excluding hydrogens is 400 g/mol. The number of benzene rings is 2. The predicted octanol–water partition coefficient (Wildman–Crippen LogP) is 3.95. The van der Waals surface area contributed by atoms with Gasteiger partial charge in [-0.25, -0.2) is 0 Å². The van der Waals surface area contributed by atoms with Crippen molar-refractivity contribution in [3.05, 3.63) is 120 Å². The number of nitrogens with one attached hydrogen (secondary N) is 2. The highest BCUT2D eigenvalue weighted by Crippen LogP contribution is 2.29. The summed E-state index contributed by atoms with van der Waals surface area (Å²) in [5, 5.41) is 27.8. The second-order valence-electron chi connectivity index (χ2n) is 7.40. The zero-order chi connectivity index (χ0) is 22.2. The minimum atomic E-state index is -0.252. The van der Waals surface area contributed by atoms with Crippen molar-refractivity contribution in [1.82, 2.24) is 20.6 Å². The summed E-state index contributed by atoms with van der Waals surface area (Å²) in [5.74, 6) is 0.452. The summed E-state index contributed by atoms with van der Waals surface area (Å²) in [6.07, 6.45) is 3.50. The number of nitrogens with zero attached hydrogens (tertiary/aromatic N) is 2. The molecule has 0 saturated heterocycles. The SMILES string of the molecule is Oc1ccccc1[C@@H](NCCN[C@@H](c1ccccn1)c1ccccc1O)c1ccccn1. The molecule has 0 saturated carbocycles. The van der Waals surface area contributed by atoms with Crippen molar-refractivity contribution in [2.24, 2.45) is 0 Å². The molecule has 2 atom stereocenters. The van der Waals surface area contributed by atoms with Gasteiger partial charge in [-0.2, -0.15) is 0 Å². The molecule has 2 aromatic carbocycles. The van der Waals surface area contributed by atoms with Crippen molar-refractivity contribution in [3.63, 3.8) is 0 Å². The normalized spacial score (nSPS) is 12.9. The number of phenolic OH excluding ortho intramolecular Hbond substituents is 2. The zero-order valence-corrected chi connectivity index (χ0v) is 17.6. The van der Waals surface area contributed by atoms with Crippen molar-refractivity contribution < 1.29 is 10.2 Å². The van der Waals surface area contributed by atoms with E-state index in [1.54, 1.807) is 36.7 Å². The number of hydrogen-bond acceptors (Lipinski definition) is 6. The topological polar surface area (TPSA) is 90.3 Å². The van der Waals surface area contributed by atoms with Crippen molar-refractivity contribution in [3.8, 4) is 11.5 Å². The first-order chi connectivity index (χ1) is 15.7. The van der Waals surface area contributed by atoms with E-state index < -0.39 is 0 Å². The van der Waals surface area contributed by atoms with Gasteiger partial charge in [0.15, 0.2) is 0 Å². The number of hydrogen-bond donors (Lipinski definition) is 4. The molecule has 0 amide bonds. The molecular formula is C26H26N4O2. The van der Waals surface area contributed by atoms with Gasteiger partial charge in [-0.1, -0.05) is 48.5 Å². The van der Waals surface area contributed by atoms with Gasteiger partial charge in [-0.15, -0.1) is 0 Å². The summed E-state index contributed by atoms with van der Waals surface area (Å²) < 4.78 is 0. The van der Waals surface area contributed by atoms with Gasteiger partial charge in [0.05, 0.1) is 23.5 Å². The van der Waals surface area contributed by atoms with Crippen LogP contribution in [0.15, 0.2) is 97.3 Å². The van der Waals surface area contributed by atoms with E-state index in [2.05, 4.69) is 20.6 Å². The summed E-state index contributed by atoms with van der Waals surface area (Å²) in [4.78, 5) is 8.96. The van der Waals surface area contributed by atoms with Crippen molar-refractivity contribution in [2.75, 3.05) is 13.1 Å². The Labute approximate surface area is 187 Å². The average Bonchev–Trinajstić information content (AvgIpc) is 2.84. The van der Waals surface area contributed by atoms with Gasteiger partial charge in [0.1, 0.15) is 11.5 Å². The standard InChI is InChI=1S/C26H26N4O2/c31-23-13-3-1-9-19(23)25(21-11-5-7-15-27-21)29-17-18-30-26(22-12-6-8-16-28-22)20-10-2-4-14-24(20)32/h1-16,25-26,29-32H,17-18H2/t25-,26-/m1/s1. The van der Waals surface area contributed by atoms with Gasteiger partial charge in [-0.05, 0) is 36.4 Å². The van der Waals surface area contributed by atoms with Crippen LogP contribution >= 0.6 is 0 Å². The molecule has 0 unspecified atom stereocenters. The smallest absolute Gasteiger partial charge is 0.120 e. The first-order valence-electron chi connectivity index (χ1n) is 10.6. The largest absolute Gasteiger partial charge is 0.508 e. The Morgan fingerprint density at radius 2 is 0.969 bits per heavy atom. The molecule has 6 heteroatoms. The van der Waals surface area contributed by atoms with Gasteiger partial charge in [-0.3, -0.25) is 9.97 Å². The van der Waals surface area contributed by atoms with E-state index in [4.69, 9.17) is 0 Å². The molecule has 0 radical (unpaired) electrons. The number of aromatic hydroxyl groups is 2. The number of rotatable bonds is 9. The number of para-hydroxylation sites is 2. The summed E-state index contributed by atoms with van der Waals surface area (Å²) in [6.45, 7) is 1.21. The minimum absolute atomic E-state index is 0.226. The fraction of sp³-hybridized carbons (Fsp3) is 0.154. The fourth-order valence-corrected chi connectivity index (χ4v) is 3.74. The Morgan fingerprint density at radius 3 is 1.34 bits per heavy atom. The van der Waals surface area contributed by atoms with Crippen LogP contribution in [0.25, 0.3) is 0 Å². The Hall–Kier alpha value is -3.74. The fourth-order valence-electron chi connectivity index (χ4n) is 3.74. The lowest BCUT2D eigenvalue weighted by atomic mass is 10.0. The van der Waals surface area contributed by atoms with Crippen LogP contribution in [0, 0.1) is 0 Å². The summed E-state index contributed by atoms with van der Waals surface area (Å²) in [7, 11) is 0. The second kappa shape index (κ2) is 10.5. The molecule has 2 aromatic heterocycles. The molecule has 0 bridgehead atoms. The lowest BCUT2D eigenvalue weighted by Gasteiger charge is -2.23. The second-order valence-corrected chi connectivity index (χ2v) is 7.40. The molecule has 0 aliphatic carbocycles. The van der Waals surface area contributed by atoms with Crippen molar-refractivity contribution in [2.45, 2.75) is 12.1 Å². The van der Waals surface area contributed by atoms with Crippen molar-refractivity contribution in [1.29, 1.82) is 0 Å². The molecule has 6 nitrogen and oxygen atoms in total. The predicted molar refractivity (Wildman–Crippen MR) is 124 cm³/mol. The quantitative estimate of drug-likeness (QED) is 0.303. The van der Waals surface area contributed by atoms with E-state index in [1.165, 1.54) is 0 Å². The molecule has 0 spiro atoms. The van der Waals surface area contributed by atoms with Gasteiger partial charge in [0, 0.05) is 36.6 Å². The number of pyridine rings is 2. The molecule has 4 aromatic rings. The highest BCUT2D eigenvalue weighted by molar-refractivity contribution is 5.40. The van der Waals surface area contributed by atoms with Crippen LogP contribution in [0.3, 0.4) is 0 Å². The molecule has 4 rings (SSSR count). The Balaban J connectivity index is 1.50. The average molecular weight is 427 g/mol. The zero-order valence-electron chi connectivity index (χ0n) is 17.6. The molecule has 0 aliphatic rings. The molecule has 4 N–H and O–H groups in total. The van der Waals surface area contributed by atoms with Crippen molar-refractivity contribution >= 4 is 0 Å². The molecule has 32 heavy (non-hydrogen) atoms. The summed E-state index contributed by atoms with van der Waals surface area (Å²) >= 11 is 0. The van der Waals surface area contributed by atoms with E-state index in [0.717, 1.165) is 22.5 Å². The molecule has 0 fully saturated rings. The molecule has 2 heterocycles. The Morgan fingerprint density at radius 1 is 0.562 bits per heavy atom. The van der Waals surface area contributed by atoms with Gasteiger partial charge in [0.25, 0.3) is 0 Å². The lowest BCUT2D eigenvalue weighted by molar-refractivity contribution is 0.446. The third-order valence-corrected chi connectivity index (χ3v) is 5.28. The Kier molecular flexibility index (Phi) is 7.07. The van der Waals surface area contributed by atoms with E-state index in [-0.39, 0.29) is 23.6 Å². The van der Waals surface area contributed by atoms with Crippen LogP contribution in [0.1, 0.15) is 34.6 Å². The number of phenols is 2. The van der Waals surface area contributed by atoms with Crippen LogP contribution in [-0.2, 0) is 0 Å². The monoisotopic (exact) mass is 426 g/mol. The minimum Gasteiger partial charge on any atom is -0.508 e. The van der Waals surface area contributed by atoms with Crippen LogP contribution < -0.4 is 10.6 Å². The van der Waals surface area contributed by atoms with Crippen LogP contribution in [0.5, 0.6) is 11.5 Å². The van der Waals surface area contributed by atoms with E-state index in [0.29, 0.717) is 13.1 Å². The molecule has 0 aliphatic heterocycles. The van der Waals surface area contributed by atoms with E-state index in [9.17, 15) is 10.2 Å². The van der Waals surface area contributed by atoms with E-state index >= 15 is 0 Å². The maximum atomic E-state index is 10.4. The third-order valence-electron chi connectivity index (χ3n) is 5.28. The highest BCUT2D eigenvalue weighted by Gasteiger charge is 2.20. The maximum Gasteiger partial charge on any atom is 0.120 e. The number of aromatic nitrogens is 2. The third kappa shape index (κ3) is 5.11. The lowest BCUT2D eigenvalue weighted by Crippen LogP contribution is -2.34.